The normalized spacial score (nSPS) is 10.4. The summed E-state index contributed by atoms with van der Waals surface area (Å²) in [5.74, 6) is -3.53. The van der Waals surface area contributed by atoms with E-state index >= 15 is 0 Å². The molecule has 0 saturated heterocycles. The Morgan fingerprint density at radius 1 is 0.958 bits per heavy atom. The number of hydrogen-bond acceptors (Lipinski definition) is 6. The number of esters is 1. The van der Waals surface area contributed by atoms with Gasteiger partial charge in [-0.2, -0.15) is 0 Å². The zero-order valence-corrected chi connectivity index (χ0v) is 13.4. The number of ketones is 1. The van der Waals surface area contributed by atoms with Gasteiger partial charge < -0.3 is 20.1 Å². The van der Waals surface area contributed by atoms with Crippen LogP contribution in [0.15, 0.2) is 30.3 Å². The van der Waals surface area contributed by atoms with Gasteiger partial charge in [0.2, 0.25) is 0 Å². The fourth-order valence-corrected chi connectivity index (χ4v) is 2.46. The fraction of sp³-hybridized carbons (Fsp3) is 0.222. The van der Waals surface area contributed by atoms with Crippen molar-refractivity contribution in [1.82, 2.24) is 0 Å². The molecule has 3 N–H and O–H groups in total. The summed E-state index contributed by atoms with van der Waals surface area (Å²) in [6, 6.07) is 8.90. The molecule has 126 valence electrons. The van der Waals surface area contributed by atoms with Crippen molar-refractivity contribution in [2.24, 2.45) is 0 Å². The van der Waals surface area contributed by atoms with E-state index in [1.165, 1.54) is 0 Å². The molecule has 0 saturated carbocycles. The van der Waals surface area contributed by atoms with E-state index in [1.807, 2.05) is 6.07 Å². The molecule has 6 nitrogen and oxygen atoms in total. The molecule has 24 heavy (non-hydrogen) atoms. The minimum Gasteiger partial charge on any atom is -0.507 e. The number of phenolic OH excluding ortho intramolecular Hbond substituents is 3. The Kier molecular flexibility index (Phi) is 5.08. The number of Topliss-reactive ketones (excluding diaryl/α,β-unsaturated/α-hetero) is 1. The predicted octanol–water partition coefficient (Wildman–Crippen LogP) is 2.77. The van der Waals surface area contributed by atoms with Crippen LogP contribution < -0.4 is 0 Å². The van der Waals surface area contributed by atoms with E-state index in [0.717, 1.165) is 12.5 Å². The standard InChI is InChI=1S/C18H18O6/c1-3-24-18(23)14-16(21)12(9-11-7-5-4-6-8-11)15(20)13(10(2)19)17(14)22/h4-8,20-22H,3,9H2,1-2H3. The molecule has 2 rings (SSSR count). The van der Waals surface area contributed by atoms with Crippen LogP contribution >= 0.6 is 0 Å². The predicted molar refractivity (Wildman–Crippen MR) is 86.6 cm³/mol. The maximum atomic E-state index is 12.0. The lowest BCUT2D eigenvalue weighted by Crippen LogP contribution is -2.10. The molecule has 0 bridgehead atoms. The van der Waals surface area contributed by atoms with Crippen molar-refractivity contribution in [3.63, 3.8) is 0 Å². The molecule has 0 unspecified atom stereocenters. The van der Waals surface area contributed by atoms with Gasteiger partial charge in [0.05, 0.1) is 6.61 Å². The quantitative estimate of drug-likeness (QED) is 0.575. The molecule has 2 aromatic rings. The number of carbonyl (C=O) groups excluding carboxylic acids is 2. The molecular weight excluding hydrogens is 312 g/mol. The molecule has 0 aliphatic rings. The monoisotopic (exact) mass is 330 g/mol. The van der Waals surface area contributed by atoms with Crippen LogP contribution in [-0.2, 0) is 11.2 Å². The highest BCUT2D eigenvalue weighted by atomic mass is 16.5. The van der Waals surface area contributed by atoms with Crippen molar-refractivity contribution in [3.05, 3.63) is 52.6 Å². The second-order valence-electron chi connectivity index (χ2n) is 5.21. The number of ether oxygens (including phenoxy) is 1. The molecule has 0 heterocycles. The SMILES string of the molecule is CCOC(=O)c1c(O)c(Cc2ccccc2)c(O)c(C(C)=O)c1O. The van der Waals surface area contributed by atoms with E-state index in [9.17, 15) is 24.9 Å². The van der Waals surface area contributed by atoms with Crippen LogP contribution in [0, 0.1) is 0 Å². The first kappa shape index (κ1) is 17.3. The highest BCUT2D eigenvalue weighted by Gasteiger charge is 2.30. The van der Waals surface area contributed by atoms with Gasteiger partial charge in [0.15, 0.2) is 5.78 Å². The number of rotatable bonds is 5. The van der Waals surface area contributed by atoms with Gasteiger partial charge in [-0.1, -0.05) is 30.3 Å². The summed E-state index contributed by atoms with van der Waals surface area (Å²) in [7, 11) is 0. The maximum Gasteiger partial charge on any atom is 0.345 e. The number of hydrogen-bond donors (Lipinski definition) is 3. The average Bonchev–Trinajstić information content (AvgIpc) is 2.52. The van der Waals surface area contributed by atoms with Crippen LogP contribution in [0.3, 0.4) is 0 Å². The summed E-state index contributed by atoms with van der Waals surface area (Å²) in [5.41, 5.74) is -0.210. The molecule has 0 aliphatic heterocycles. The third-order valence-corrected chi connectivity index (χ3v) is 3.57. The van der Waals surface area contributed by atoms with Crippen LogP contribution in [0.5, 0.6) is 17.2 Å². The third kappa shape index (κ3) is 3.17. The molecule has 0 aromatic heterocycles. The van der Waals surface area contributed by atoms with Crippen LogP contribution in [0.1, 0.15) is 45.7 Å². The summed E-state index contributed by atoms with van der Waals surface area (Å²) in [6.45, 7) is 2.75. The van der Waals surface area contributed by atoms with Gasteiger partial charge in [0.25, 0.3) is 0 Å². The van der Waals surface area contributed by atoms with Crippen molar-refractivity contribution < 1.29 is 29.6 Å². The first-order valence-corrected chi connectivity index (χ1v) is 7.40. The zero-order chi connectivity index (χ0) is 17.9. The summed E-state index contributed by atoms with van der Waals surface area (Å²) in [5, 5.41) is 30.9. The average molecular weight is 330 g/mol. The fourth-order valence-electron chi connectivity index (χ4n) is 2.46. The van der Waals surface area contributed by atoms with Crippen LogP contribution in [0.25, 0.3) is 0 Å². The first-order valence-electron chi connectivity index (χ1n) is 7.40. The Morgan fingerprint density at radius 2 is 1.54 bits per heavy atom. The van der Waals surface area contributed by atoms with Gasteiger partial charge in [0, 0.05) is 12.0 Å². The van der Waals surface area contributed by atoms with E-state index in [1.54, 1.807) is 31.2 Å². The van der Waals surface area contributed by atoms with Gasteiger partial charge in [-0.15, -0.1) is 0 Å². The summed E-state index contributed by atoms with van der Waals surface area (Å²) in [4.78, 5) is 23.8. The van der Waals surface area contributed by atoms with Crippen molar-refractivity contribution in [3.8, 4) is 17.2 Å². The lowest BCUT2D eigenvalue weighted by molar-refractivity contribution is 0.0519. The lowest BCUT2D eigenvalue weighted by Gasteiger charge is -2.16. The first-order chi connectivity index (χ1) is 11.4. The molecule has 0 atom stereocenters. The molecule has 0 fully saturated rings. The second kappa shape index (κ2) is 7.04. The van der Waals surface area contributed by atoms with Crippen LogP contribution in [-0.4, -0.2) is 33.7 Å². The molecule has 0 amide bonds. The molecule has 0 radical (unpaired) electrons. The number of benzene rings is 2. The Balaban J connectivity index is 2.69. The lowest BCUT2D eigenvalue weighted by atomic mass is 9.94. The Bertz CT molecular complexity index is 780. The zero-order valence-electron chi connectivity index (χ0n) is 13.4. The van der Waals surface area contributed by atoms with Gasteiger partial charge in [-0.25, -0.2) is 4.79 Å². The summed E-state index contributed by atoms with van der Waals surface area (Å²) in [6.07, 6.45) is 0.0749. The van der Waals surface area contributed by atoms with Gasteiger partial charge in [-0.05, 0) is 19.4 Å². The van der Waals surface area contributed by atoms with Crippen molar-refractivity contribution in [2.75, 3.05) is 6.61 Å². The summed E-state index contributed by atoms with van der Waals surface area (Å²) >= 11 is 0. The van der Waals surface area contributed by atoms with E-state index in [-0.39, 0.29) is 18.6 Å². The van der Waals surface area contributed by atoms with Gasteiger partial charge in [0.1, 0.15) is 28.4 Å². The largest absolute Gasteiger partial charge is 0.507 e. The van der Waals surface area contributed by atoms with Crippen LogP contribution in [0.2, 0.25) is 0 Å². The van der Waals surface area contributed by atoms with Gasteiger partial charge in [-0.3, -0.25) is 4.79 Å². The Hall–Kier alpha value is -3.02. The molecule has 6 heteroatoms. The number of carbonyl (C=O) groups is 2. The highest BCUT2D eigenvalue weighted by molar-refractivity contribution is 6.06. The number of phenols is 3. The van der Waals surface area contributed by atoms with E-state index in [4.69, 9.17) is 4.74 Å². The summed E-state index contributed by atoms with van der Waals surface area (Å²) < 4.78 is 4.82. The number of aromatic hydroxyl groups is 3. The topological polar surface area (TPSA) is 104 Å². The van der Waals surface area contributed by atoms with Gasteiger partial charge >= 0.3 is 5.97 Å². The Morgan fingerprint density at radius 3 is 2.08 bits per heavy atom. The highest BCUT2D eigenvalue weighted by Crippen LogP contribution is 2.43. The van der Waals surface area contributed by atoms with Crippen molar-refractivity contribution in [1.29, 1.82) is 0 Å². The van der Waals surface area contributed by atoms with Crippen molar-refractivity contribution in [2.45, 2.75) is 20.3 Å². The maximum absolute atomic E-state index is 12.0. The smallest absolute Gasteiger partial charge is 0.345 e. The van der Waals surface area contributed by atoms with E-state index in [0.29, 0.717) is 0 Å². The molecular formula is C18H18O6. The molecule has 0 spiro atoms. The van der Waals surface area contributed by atoms with E-state index in [2.05, 4.69) is 0 Å². The Labute approximate surface area is 138 Å². The third-order valence-electron chi connectivity index (χ3n) is 3.57. The minimum atomic E-state index is -0.968. The van der Waals surface area contributed by atoms with Crippen molar-refractivity contribution >= 4 is 11.8 Å². The molecule has 0 aliphatic carbocycles. The molecule has 2 aromatic carbocycles. The van der Waals surface area contributed by atoms with E-state index < -0.39 is 40.1 Å². The minimum absolute atomic E-state index is 0.0211. The second-order valence-corrected chi connectivity index (χ2v) is 5.21. The van der Waals surface area contributed by atoms with Crippen LogP contribution in [0.4, 0.5) is 0 Å².